The van der Waals surface area contributed by atoms with E-state index in [1.165, 1.54) is 0 Å². The second kappa shape index (κ2) is 9.31. The van der Waals surface area contributed by atoms with Crippen molar-refractivity contribution in [1.82, 2.24) is 9.91 Å². The number of carbonyl (C=O) groups is 2. The number of methoxy groups -OCH3 is 1. The molecular formula is C24H28N4O3. The molecule has 2 aliphatic heterocycles. The SMILES string of the molecule is COc1ccc([C@H]2CC(c3ccccc3)=NN2C(=O)CN2CCC[C@H](C(N)=O)C2)cc1. The highest BCUT2D eigenvalue weighted by molar-refractivity contribution is 6.03. The summed E-state index contributed by atoms with van der Waals surface area (Å²) < 4.78 is 5.27. The fraction of sp³-hybridized carbons (Fsp3) is 0.375. The van der Waals surface area contributed by atoms with E-state index in [0.29, 0.717) is 13.0 Å². The monoisotopic (exact) mass is 420 g/mol. The molecule has 0 saturated carbocycles. The van der Waals surface area contributed by atoms with E-state index in [1.54, 1.807) is 12.1 Å². The van der Waals surface area contributed by atoms with Gasteiger partial charge in [-0.05, 0) is 42.6 Å². The van der Waals surface area contributed by atoms with Gasteiger partial charge in [0.2, 0.25) is 5.91 Å². The van der Waals surface area contributed by atoms with Crippen molar-refractivity contribution < 1.29 is 14.3 Å². The number of rotatable bonds is 6. The smallest absolute Gasteiger partial charge is 0.257 e. The van der Waals surface area contributed by atoms with E-state index in [9.17, 15) is 9.59 Å². The van der Waals surface area contributed by atoms with Crippen molar-refractivity contribution in [2.24, 2.45) is 16.8 Å². The molecule has 2 aliphatic rings. The third-order valence-corrected chi connectivity index (χ3v) is 6.04. The van der Waals surface area contributed by atoms with E-state index < -0.39 is 0 Å². The first kappa shape index (κ1) is 21.1. The molecule has 2 N–H and O–H groups in total. The zero-order valence-electron chi connectivity index (χ0n) is 17.7. The van der Waals surface area contributed by atoms with Gasteiger partial charge in [0, 0.05) is 13.0 Å². The number of primary amides is 1. The lowest BCUT2D eigenvalue weighted by Gasteiger charge is -2.32. The molecule has 7 heteroatoms. The Bertz CT molecular complexity index is 959. The number of hydrazone groups is 1. The van der Waals surface area contributed by atoms with E-state index in [-0.39, 0.29) is 30.3 Å². The van der Waals surface area contributed by atoms with Crippen LogP contribution in [0.3, 0.4) is 0 Å². The third-order valence-electron chi connectivity index (χ3n) is 6.04. The lowest BCUT2D eigenvalue weighted by atomic mass is 9.97. The normalized spacial score (nSPS) is 21.6. The van der Waals surface area contributed by atoms with Gasteiger partial charge in [0.25, 0.3) is 5.91 Å². The van der Waals surface area contributed by atoms with E-state index in [1.807, 2.05) is 59.5 Å². The molecule has 1 saturated heterocycles. The maximum absolute atomic E-state index is 13.3. The lowest BCUT2D eigenvalue weighted by molar-refractivity contribution is -0.135. The molecule has 2 amide bonds. The number of carbonyl (C=O) groups excluding carboxylic acids is 2. The van der Waals surface area contributed by atoms with Crippen molar-refractivity contribution >= 4 is 17.5 Å². The zero-order chi connectivity index (χ0) is 21.8. The highest BCUT2D eigenvalue weighted by Crippen LogP contribution is 2.34. The maximum Gasteiger partial charge on any atom is 0.257 e. The molecule has 0 aliphatic carbocycles. The zero-order valence-corrected chi connectivity index (χ0v) is 17.7. The molecule has 2 aromatic carbocycles. The summed E-state index contributed by atoms with van der Waals surface area (Å²) >= 11 is 0. The fourth-order valence-corrected chi connectivity index (χ4v) is 4.33. The molecule has 31 heavy (non-hydrogen) atoms. The Balaban J connectivity index is 1.56. The van der Waals surface area contributed by atoms with Crippen LogP contribution in [-0.2, 0) is 9.59 Å². The molecule has 1 fully saturated rings. The van der Waals surface area contributed by atoms with Gasteiger partial charge >= 0.3 is 0 Å². The van der Waals surface area contributed by atoms with Crippen LogP contribution in [0.15, 0.2) is 59.7 Å². The first-order valence-electron chi connectivity index (χ1n) is 10.7. The Kier molecular flexibility index (Phi) is 6.32. The van der Waals surface area contributed by atoms with Gasteiger partial charge in [-0.2, -0.15) is 5.10 Å². The van der Waals surface area contributed by atoms with Gasteiger partial charge in [-0.3, -0.25) is 14.5 Å². The van der Waals surface area contributed by atoms with E-state index in [4.69, 9.17) is 15.6 Å². The van der Waals surface area contributed by atoms with Gasteiger partial charge in [-0.1, -0.05) is 42.5 Å². The van der Waals surface area contributed by atoms with E-state index >= 15 is 0 Å². The summed E-state index contributed by atoms with van der Waals surface area (Å²) in [5, 5.41) is 6.34. The summed E-state index contributed by atoms with van der Waals surface area (Å²) in [4.78, 5) is 26.9. The highest BCUT2D eigenvalue weighted by Gasteiger charge is 2.34. The van der Waals surface area contributed by atoms with Crippen molar-refractivity contribution in [2.45, 2.75) is 25.3 Å². The summed E-state index contributed by atoms with van der Waals surface area (Å²) in [7, 11) is 1.63. The van der Waals surface area contributed by atoms with Crippen LogP contribution in [0.1, 0.15) is 36.4 Å². The van der Waals surface area contributed by atoms with Crippen molar-refractivity contribution in [3.8, 4) is 5.75 Å². The van der Waals surface area contributed by atoms with Crippen LogP contribution in [0.2, 0.25) is 0 Å². The number of benzene rings is 2. The number of nitrogens with zero attached hydrogens (tertiary/aromatic N) is 3. The molecule has 0 bridgehead atoms. The molecule has 2 heterocycles. The molecule has 2 atom stereocenters. The van der Waals surface area contributed by atoms with Gasteiger partial charge in [0.15, 0.2) is 0 Å². The van der Waals surface area contributed by atoms with Crippen LogP contribution < -0.4 is 10.5 Å². The molecule has 162 valence electrons. The highest BCUT2D eigenvalue weighted by atomic mass is 16.5. The van der Waals surface area contributed by atoms with E-state index in [2.05, 4.69) is 0 Å². The number of amides is 2. The summed E-state index contributed by atoms with van der Waals surface area (Å²) in [5.41, 5.74) is 8.41. The Hall–Kier alpha value is -3.19. The van der Waals surface area contributed by atoms with Crippen molar-refractivity contribution in [3.05, 3.63) is 65.7 Å². The second-order valence-corrected chi connectivity index (χ2v) is 8.12. The van der Waals surface area contributed by atoms with Crippen LogP contribution in [0.25, 0.3) is 0 Å². The molecular weight excluding hydrogens is 392 g/mol. The minimum absolute atomic E-state index is 0.0723. The topological polar surface area (TPSA) is 88.2 Å². The predicted molar refractivity (Wildman–Crippen MR) is 119 cm³/mol. The average Bonchev–Trinajstić information content (AvgIpc) is 3.25. The average molecular weight is 421 g/mol. The summed E-state index contributed by atoms with van der Waals surface area (Å²) in [6.45, 7) is 1.53. The Morgan fingerprint density at radius 1 is 1.13 bits per heavy atom. The number of hydrogen-bond donors (Lipinski definition) is 1. The van der Waals surface area contributed by atoms with Crippen LogP contribution >= 0.6 is 0 Å². The first-order valence-corrected chi connectivity index (χ1v) is 10.7. The van der Waals surface area contributed by atoms with Gasteiger partial charge in [-0.15, -0.1) is 0 Å². The molecule has 2 aromatic rings. The Morgan fingerprint density at radius 2 is 1.87 bits per heavy atom. The van der Waals surface area contributed by atoms with E-state index in [0.717, 1.165) is 42.0 Å². The Morgan fingerprint density at radius 3 is 2.55 bits per heavy atom. The van der Waals surface area contributed by atoms with Gasteiger partial charge in [0.1, 0.15) is 5.75 Å². The largest absolute Gasteiger partial charge is 0.497 e. The molecule has 0 spiro atoms. The van der Waals surface area contributed by atoms with Crippen LogP contribution in [0.5, 0.6) is 5.75 Å². The summed E-state index contributed by atoms with van der Waals surface area (Å²) in [5.74, 6) is 0.214. The standard InChI is InChI=1S/C24H28N4O3/c1-31-20-11-9-18(10-12-20)22-14-21(17-6-3-2-4-7-17)26-28(22)23(29)16-27-13-5-8-19(15-27)24(25)30/h2-4,6-7,9-12,19,22H,5,8,13-16H2,1H3,(H2,25,30)/t19-,22+/m0/s1. The summed E-state index contributed by atoms with van der Waals surface area (Å²) in [6.07, 6.45) is 2.29. The number of hydrogen-bond acceptors (Lipinski definition) is 5. The van der Waals surface area contributed by atoms with Crippen molar-refractivity contribution in [1.29, 1.82) is 0 Å². The minimum atomic E-state index is -0.293. The number of nitrogens with two attached hydrogens (primary N) is 1. The van der Waals surface area contributed by atoms with Crippen LogP contribution in [-0.4, -0.2) is 54.2 Å². The molecule has 7 nitrogen and oxygen atoms in total. The molecule has 4 rings (SSSR count). The van der Waals surface area contributed by atoms with Gasteiger partial charge in [0.05, 0.1) is 31.3 Å². The maximum atomic E-state index is 13.3. The van der Waals surface area contributed by atoms with Crippen molar-refractivity contribution in [2.75, 3.05) is 26.7 Å². The number of likely N-dealkylation sites (tertiary alicyclic amines) is 1. The minimum Gasteiger partial charge on any atom is -0.497 e. The first-order chi connectivity index (χ1) is 15.0. The number of piperidine rings is 1. The van der Waals surface area contributed by atoms with Crippen LogP contribution in [0.4, 0.5) is 0 Å². The molecule has 0 radical (unpaired) electrons. The second-order valence-electron chi connectivity index (χ2n) is 8.12. The lowest BCUT2D eigenvalue weighted by Crippen LogP contribution is -2.45. The Labute approximate surface area is 182 Å². The van der Waals surface area contributed by atoms with Crippen LogP contribution in [0, 0.1) is 5.92 Å². The predicted octanol–water partition coefficient (Wildman–Crippen LogP) is 2.57. The number of ether oxygens (including phenoxy) is 1. The van der Waals surface area contributed by atoms with Gasteiger partial charge in [-0.25, -0.2) is 5.01 Å². The molecule has 0 unspecified atom stereocenters. The fourth-order valence-electron chi connectivity index (χ4n) is 4.33. The quantitative estimate of drug-likeness (QED) is 0.778. The molecule has 0 aromatic heterocycles. The summed E-state index contributed by atoms with van der Waals surface area (Å²) in [6, 6.07) is 17.5. The third kappa shape index (κ3) is 4.77. The van der Waals surface area contributed by atoms with Gasteiger partial charge < -0.3 is 10.5 Å². The van der Waals surface area contributed by atoms with Crippen molar-refractivity contribution in [3.63, 3.8) is 0 Å².